The second-order valence-corrected chi connectivity index (χ2v) is 10.4. The highest BCUT2D eigenvalue weighted by Gasteiger charge is 2.27. The maximum atomic E-state index is 12.6. The van der Waals surface area contributed by atoms with Crippen LogP contribution >= 0.6 is 31.9 Å². The van der Waals surface area contributed by atoms with Gasteiger partial charge in [-0.05, 0) is 92.6 Å². The van der Waals surface area contributed by atoms with Crippen molar-refractivity contribution >= 4 is 61.1 Å². The van der Waals surface area contributed by atoms with E-state index in [2.05, 4.69) is 61.7 Å². The van der Waals surface area contributed by atoms with Gasteiger partial charge in [-0.3, -0.25) is 9.59 Å². The van der Waals surface area contributed by atoms with Crippen LogP contribution in [-0.2, 0) is 9.59 Å². The molecule has 3 N–H and O–H groups in total. The minimum atomic E-state index is -0.467. The maximum absolute atomic E-state index is 12.6. The molecule has 0 spiro atoms. The summed E-state index contributed by atoms with van der Waals surface area (Å²) in [6.07, 6.45) is 1.14. The Morgan fingerprint density at radius 1 is 1.03 bits per heavy atom. The van der Waals surface area contributed by atoms with Crippen LogP contribution in [0.15, 0.2) is 45.3 Å². The number of piperidine rings is 1. The van der Waals surface area contributed by atoms with Gasteiger partial charge in [0.05, 0.1) is 19.3 Å². The van der Waals surface area contributed by atoms with Crippen LogP contribution in [0.25, 0.3) is 0 Å². The number of methoxy groups -OCH3 is 1. The molecule has 0 aromatic heterocycles. The van der Waals surface area contributed by atoms with Gasteiger partial charge >= 0.3 is 6.03 Å². The first-order chi connectivity index (χ1) is 16.7. The summed E-state index contributed by atoms with van der Waals surface area (Å²) in [5.74, 6) is 0.671. The van der Waals surface area contributed by atoms with E-state index in [4.69, 9.17) is 4.74 Å². The highest BCUT2D eigenvalue weighted by Crippen LogP contribution is 2.34. The fourth-order valence-corrected chi connectivity index (χ4v) is 5.20. The summed E-state index contributed by atoms with van der Waals surface area (Å²) < 4.78 is 6.64. The monoisotopic (exact) mass is 608 g/mol. The molecule has 4 amide bonds. The number of benzene rings is 2. The Balaban J connectivity index is 1.43. The lowest BCUT2D eigenvalue weighted by atomic mass is 9.95. The summed E-state index contributed by atoms with van der Waals surface area (Å²) in [6, 6.07) is 10.6. The van der Waals surface area contributed by atoms with E-state index < -0.39 is 6.03 Å². The molecule has 35 heavy (non-hydrogen) atoms. The first kappa shape index (κ1) is 27.0. The van der Waals surface area contributed by atoms with Gasteiger partial charge in [-0.1, -0.05) is 13.8 Å². The van der Waals surface area contributed by atoms with Crippen LogP contribution in [0.2, 0.25) is 0 Å². The maximum Gasteiger partial charge on any atom is 0.319 e. The number of hydrogen-bond donors (Lipinski definition) is 3. The number of carbonyl (C=O) groups excluding carboxylic acids is 3. The van der Waals surface area contributed by atoms with Crippen molar-refractivity contribution in [3.8, 4) is 5.75 Å². The summed E-state index contributed by atoms with van der Waals surface area (Å²) in [5.41, 5.74) is 2.44. The molecule has 0 aliphatic carbocycles. The third-order valence-electron chi connectivity index (χ3n) is 5.95. The Morgan fingerprint density at radius 2 is 1.63 bits per heavy atom. The number of amides is 4. The van der Waals surface area contributed by atoms with Gasteiger partial charge in [-0.2, -0.15) is 0 Å². The number of nitrogens with one attached hydrogen (secondary N) is 3. The Morgan fingerprint density at radius 3 is 2.17 bits per heavy atom. The van der Waals surface area contributed by atoms with Crippen molar-refractivity contribution in [2.24, 2.45) is 5.92 Å². The highest BCUT2D eigenvalue weighted by atomic mass is 79.9. The molecule has 0 atom stereocenters. The number of anilines is 2. The van der Waals surface area contributed by atoms with Crippen LogP contribution in [0.5, 0.6) is 5.75 Å². The SMILES string of the molecule is COc1ccc(NC(=O)C2CCN(C(=O)CNC(=O)Nc3c(Br)cc(C(C)C)cc3Br)CC2)cc1. The lowest BCUT2D eigenvalue weighted by Gasteiger charge is -2.31. The Bertz CT molecular complexity index is 1040. The molecule has 8 nitrogen and oxygen atoms in total. The molecule has 1 aliphatic rings. The van der Waals surface area contributed by atoms with Crippen molar-refractivity contribution in [2.75, 3.05) is 37.4 Å². The number of hydrogen-bond acceptors (Lipinski definition) is 4. The molecule has 1 aliphatic heterocycles. The smallest absolute Gasteiger partial charge is 0.319 e. The predicted octanol–water partition coefficient (Wildman–Crippen LogP) is 5.34. The number of urea groups is 1. The van der Waals surface area contributed by atoms with Crippen LogP contribution in [-0.4, -0.2) is 49.5 Å². The van der Waals surface area contributed by atoms with Gasteiger partial charge in [0.2, 0.25) is 11.8 Å². The second-order valence-electron chi connectivity index (χ2n) is 8.69. The molecule has 0 unspecified atom stereocenters. The van der Waals surface area contributed by atoms with Gasteiger partial charge in [0.25, 0.3) is 0 Å². The highest BCUT2D eigenvalue weighted by molar-refractivity contribution is 9.11. The zero-order valence-electron chi connectivity index (χ0n) is 20.0. The van der Waals surface area contributed by atoms with Crippen molar-refractivity contribution in [3.63, 3.8) is 0 Å². The Hall–Kier alpha value is -2.59. The van der Waals surface area contributed by atoms with Gasteiger partial charge in [0.15, 0.2) is 0 Å². The molecule has 2 aromatic carbocycles. The fraction of sp³-hybridized carbons (Fsp3) is 0.400. The van der Waals surface area contributed by atoms with E-state index >= 15 is 0 Å². The minimum absolute atomic E-state index is 0.0561. The molecule has 0 bridgehead atoms. The van der Waals surface area contributed by atoms with Crippen molar-refractivity contribution in [1.82, 2.24) is 10.2 Å². The quantitative estimate of drug-likeness (QED) is 0.394. The lowest BCUT2D eigenvalue weighted by molar-refractivity contribution is -0.133. The fourth-order valence-electron chi connectivity index (χ4n) is 3.78. The molecule has 2 aromatic rings. The van der Waals surface area contributed by atoms with E-state index in [9.17, 15) is 14.4 Å². The predicted molar refractivity (Wildman–Crippen MR) is 144 cm³/mol. The normalized spacial score (nSPS) is 13.9. The number of likely N-dealkylation sites (tertiary alicyclic amines) is 1. The number of carbonyl (C=O) groups is 3. The number of nitrogens with zero attached hydrogens (tertiary/aromatic N) is 1. The zero-order valence-corrected chi connectivity index (χ0v) is 23.2. The molecule has 0 radical (unpaired) electrons. The number of ether oxygens (including phenoxy) is 1. The van der Waals surface area contributed by atoms with E-state index in [1.807, 2.05) is 12.1 Å². The molecule has 3 rings (SSSR count). The average molecular weight is 610 g/mol. The van der Waals surface area contributed by atoms with Crippen LogP contribution in [0.3, 0.4) is 0 Å². The van der Waals surface area contributed by atoms with Gasteiger partial charge in [-0.25, -0.2) is 4.79 Å². The topological polar surface area (TPSA) is 99.8 Å². The lowest BCUT2D eigenvalue weighted by Crippen LogP contribution is -2.46. The first-order valence-corrected chi connectivity index (χ1v) is 13.0. The molecular weight excluding hydrogens is 580 g/mol. The van der Waals surface area contributed by atoms with Crippen molar-refractivity contribution < 1.29 is 19.1 Å². The number of rotatable bonds is 7. The van der Waals surface area contributed by atoms with Crippen LogP contribution in [0.4, 0.5) is 16.2 Å². The van der Waals surface area contributed by atoms with E-state index in [-0.39, 0.29) is 24.3 Å². The molecular formula is C25H30Br2N4O4. The largest absolute Gasteiger partial charge is 0.497 e. The molecule has 10 heteroatoms. The molecule has 0 saturated carbocycles. The summed E-state index contributed by atoms with van der Waals surface area (Å²) in [6.45, 7) is 5.01. The first-order valence-electron chi connectivity index (χ1n) is 11.4. The van der Waals surface area contributed by atoms with E-state index in [0.29, 0.717) is 43.2 Å². The average Bonchev–Trinajstić information content (AvgIpc) is 2.85. The van der Waals surface area contributed by atoms with Gasteiger partial charge in [-0.15, -0.1) is 0 Å². The number of halogens is 2. The van der Waals surface area contributed by atoms with Crippen LogP contribution in [0.1, 0.15) is 38.2 Å². The third-order valence-corrected chi connectivity index (χ3v) is 7.20. The minimum Gasteiger partial charge on any atom is -0.497 e. The molecule has 1 fully saturated rings. The summed E-state index contributed by atoms with van der Waals surface area (Å²) in [5, 5.41) is 8.32. The van der Waals surface area contributed by atoms with Gasteiger partial charge in [0, 0.05) is 33.6 Å². The standard InChI is InChI=1S/C25H30Br2N4O4/c1-15(2)17-12-20(26)23(21(27)13-17)30-25(34)28-14-22(32)31-10-8-16(9-11-31)24(33)29-18-4-6-19(35-3)7-5-18/h4-7,12-13,15-16H,8-11,14H2,1-3H3,(H,29,33)(H2,28,30,34). The van der Waals surface area contributed by atoms with Gasteiger partial charge in [0.1, 0.15) is 5.75 Å². The van der Waals surface area contributed by atoms with E-state index in [1.165, 1.54) is 0 Å². The third kappa shape index (κ3) is 7.44. The Labute approximate surface area is 222 Å². The zero-order chi connectivity index (χ0) is 25.5. The second kappa shape index (κ2) is 12.4. The molecule has 188 valence electrons. The summed E-state index contributed by atoms with van der Waals surface area (Å²) in [7, 11) is 1.59. The van der Waals surface area contributed by atoms with Crippen LogP contribution < -0.4 is 20.7 Å². The molecule has 1 heterocycles. The van der Waals surface area contributed by atoms with Crippen LogP contribution in [0, 0.1) is 5.92 Å². The van der Waals surface area contributed by atoms with E-state index in [1.54, 1.807) is 36.3 Å². The summed E-state index contributed by atoms with van der Waals surface area (Å²) >= 11 is 6.99. The summed E-state index contributed by atoms with van der Waals surface area (Å²) in [4.78, 5) is 39.2. The Kier molecular flexibility index (Phi) is 9.56. The molecule has 1 saturated heterocycles. The van der Waals surface area contributed by atoms with Crippen molar-refractivity contribution in [2.45, 2.75) is 32.6 Å². The van der Waals surface area contributed by atoms with Crippen molar-refractivity contribution in [3.05, 3.63) is 50.9 Å². The van der Waals surface area contributed by atoms with Gasteiger partial charge < -0.3 is 25.6 Å². The van der Waals surface area contributed by atoms with E-state index in [0.717, 1.165) is 20.3 Å². The van der Waals surface area contributed by atoms with Crippen molar-refractivity contribution in [1.29, 1.82) is 0 Å².